The van der Waals surface area contributed by atoms with E-state index in [0.717, 1.165) is 4.47 Å². The summed E-state index contributed by atoms with van der Waals surface area (Å²) < 4.78 is 1.16. The first-order chi connectivity index (χ1) is 8.25. The van der Waals surface area contributed by atoms with Gasteiger partial charge < -0.3 is 0 Å². The topological polar surface area (TPSA) is 0 Å². The number of hydrogen-bond acceptors (Lipinski definition) is 0. The molecule has 84 valence electrons. The maximum absolute atomic E-state index is 3.61. The SMILES string of the molecule is CC1C=Cc2c(-c3ccccc3)cc(Br)cc21. The zero-order chi connectivity index (χ0) is 11.8. The first-order valence-electron chi connectivity index (χ1n) is 5.83. The van der Waals surface area contributed by atoms with Crippen molar-refractivity contribution in [1.82, 2.24) is 0 Å². The molecule has 17 heavy (non-hydrogen) atoms. The Balaban J connectivity index is 2.25. The lowest BCUT2D eigenvalue weighted by Gasteiger charge is -2.11. The molecule has 1 aliphatic rings. The summed E-state index contributed by atoms with van der Waals surface area (Å²) >= 11 is 3.61. The summed E-state index contributed by atoms with van der Waals surface area (Å²) in [5, 5.41) is 0. The molecule has 0 spiro atoms. The van der Waals surface area contributed by atoms with E-state index in [1.165, 1.54) is 22.3 Å². The Morgan fingerprint density at radius 1 is 1.06 bits per heavy atom. The van der Waals surface area contributed by atoms with Gasteiger partial charge >= 0.3 is 0 Å². The normalized spacial score (nSPS) is 17.2. The van der Waals surface area contributed by atoms with E-state index in [-0.39, 0.29) is 0 Å². The quantitative estimate of drug-likeness (QED) is 0.671. The molecule has 1 aliphatic carbocycles. The second-order valence-electron chi connectivity index (χ2n) is 4.47. The average molecular weight is 285 g/mol. The Morgan fingerprint density at radius 3 is 2.59 bits per heavy atom. The van der Waals surface area contributed by atoms with E-state index < -0.39 is 0 Å². The maximum atomic E-state index is 3.61. The average Bonchev–Trinajstić information content (AvgIpc) is 2.72. The zero-order valence-electron chi connectivity index (χ0n) is 9.65. The summed E-state index contributed by atoms with van der Waals surface area (Å²) in [7, 11) is 0. The van der Waals surface area contributed by atoms with Gasteiger partial charge in [-0.05, 0) is 40.3 Å². The van der Waals surface area contributed by atoms with Gasteiger partial charge in [0.05, 0.1) is 0 Å². The van der Waals surface area contributed by atoms with Gasteiger partial charge in [0.1, 0.15) is 0 Å². The van der Waals surface area contributed by atoms with E-state index in [9.17, 15) is 0 Å². The van der Waals surface area contributed by atoms with Crippen LogP contribution in [0.3, 0.4) is 0 Å². The highest BCUT2D eigenvalue weighted by Crippen LogP contribution is 2.38. The third-order valence-corrected chi connectivity index (χ3v) is 3.76. The number of fused-ring (bicyclic) bond motifs is 1. The van der Waals surface area contributed by atoms with Gasteiger partial charge in [0.15, 0.2) is 0 Å². The van der Waals surface area contributed by atoms with Gasteiger partial charge in [-0.3, -0.25) is 0 Å². The predicted octanol–water partition coefficient (Wildman–Crippen LogP) is 5.25. The second kappa shape index (κ2) is 4.15. The predicted molar refractivity (Wildman–Crippen MR) is 77.0 cm³/mol. The van der Waals surface area contributed by atoms with Crippen LogP contribution in [0.5, 0.6) is 0 Å². The van der Waals surface area contributed by atoms with Gasteiger partial charge in [0.25, 0.3) is 0 Å². The van der Waals surface area contributed by atoms with Crippen molar-refractivity contribution < 1.29 is 0 Å². The van der Waals surface area contributed by atoms with Crippen molar-refractivity contribution in [2.75, 3.05) is 0 Å². The Kier molecular flexibility index (Phi) is 2.64. The van der Waals surface area contributed by atoms with E-state index >= 15 is 0 Å². The fourth-order valence-electron chi connectivity index (χ4n) is 2.40. The van der Waals surface area contributed by atoms with E-state index in [4.69, 9.17) is 0 Å². The molecule has 1 heteroatoms. The fraction of sp³-hybridized carbons (Fsp3) is 0.125. The summed E-state index contributed by atoms with van der Waals surface area (Å²) in [6, 6.07) is 15.0. The highest BCUT2D eigenvalue weighted by atomic mass is 79.9. The van der Waals surface area contributed by atoms with Crippen molar-refractivity contribution in [1.29, 1.82) is 0 Å². The Morgan fingerprint density at radius 2 is 1.82 bits per heavy atom. The monoisotopic (exact) mass is 284 g/mol. The molecular formula is C16H13Br. The number of benzene rings is 2. The van der Waals surface area contributed by atoms with Gasteiger partial charge in [0.2, 0.25) is 0 Å². The summed E-state index contributed by atoms with van der Waals surface area (Å²) in [4.78, 5) is 0. The van der Waals surface area contributed by atoms with E-state index in [1.807, 2.05) is 0 Å². The van der Waals surface area contributed by atoms with Crippen molar-refractivity contribution in [3.63, 3.8) is 0 Å². The molecule has 0 radical (unpaired) electrons. The molecule has 1 atom stereocenters. The zero-order valence-corrected chi connectivity index (χ0v) is 11.2. The molecule has 0 nitrogen and oxygen atoms in total. The summed E-state index contributed by atoms with van der Waals surface area (Å²) in [6.07, 6.45) is 4.51. The molecule has 0 heterocycles. The molecular weight excluding hydrogens is 272 g/mol. The van der Waals surface area contributed by atoms with Gasteiger partial charge in [-0.2, -0.15) is 0 Å². The van der Waals surface area contributed by atoms with Crippen molar-refractivity contribution >= 4 is 22.0 Å². The third kappa shape index (κ3) is 1.85. The van der Waals surface area contributed by atoms with Crippen LogP contribution >= 0.6 is 15.9 Å². The van der Waals surface area contributed by atoms with Crippen LogP contribution in [-0.2, 0) is 0 Å². The van der Waals surface area contributed by atoms with Crippen LogP contribution in [0.25, 0.3) is 17.2 Å². The van der Waals surface area contributed by atoms with Gasteiger partial charge in [-0.1, -0.05) is 65.3 Å². The molecule has 0 saturated heterocycles. The molecule has 0 amide bonds. The summed E-state index contributed by atoms with van der Waals surface area (Å²) in [6.45, 7) is 2.24. The maximum Gasteiger partial charge on any atom is 0.0184 e. The van der Waals surface area contributed by atoms with Crippen LogP contribution in [-0.4, -0.2) is 0 Å². The molecule has 0 fully saturated rings. The third-order valence-electron chi connectivity index (χ3n) is 3.30. The lowest BCUT2D eigenvalue weighted by atomic mass is 9.94. The van der Waals surface area contributed by atoms with Crippen molar-refractivity contribution in [2.45, 2.75) is 12.8 Å². The molecule has 0 bridgehead atoms. The van der Waals surface area contributed by atoms with Gasteiger partial charge in [-0.15, -0.1) is 0 Å². The van der Waals surface area contributed by atoms with Crippen LogP contribution in [0, 0.1) is 0 Å². The van der Waals surface area contributed by atoms with E-state index in [1.54, 1.807) is 0 Å². The highest BCUT2D eigenvalue weighted by molar-refractivity contribution is 9.10. The van der Waals surface area contributed by atoms with E-state index in [0.29, 0.717) is 5.92 Å². The largest absolute Gasteiger partial charge is 0.0766 e. The van der Waals surface area contributed by atoms with Gasteiger partial charge in [0, 0.05) is 4.47 Å². The Bertz CT molecular complexity index is 582. The fourth-order valence-corrected chi connectivity index (χ4v) is 2.88. The number of rotatable bonds is 1. The lowest BCUT2D eigenvalue weighted by molar-refractivity contribution is 0.989. The van der Waals surface area contributed by atoms with Crippen molar-refractivity contribution in [2.24, 2.45) is 0 Å². The minimum absolute atomic E-state index is 0.518. The number of halogens is 1. The van der Waals surface area contributed by atoms with Gasteiger partial charge in [-0.25, -0.2) is 0 Å². The second-order valence-corrected chi connectivity index (χ2v) is 5.39. The smallest absolute Gasteiger partial charge is 0.0184 e. The Hall–Kier alpha value is -1.34. The minimum atomic E-state index is 0.518. The number of allylic oxidation sites excluding steroid dienone is 1. The van der Waals surface area contributed by atoms with Crippen molar-refractivity contribution in [3.8, 4) is 11.1 Å². The number of hydrogen-bond donors (Lipinski definition) is 0. The summed E-state index contributed by atoms with van der Waals surface area (Å²) in [5.41, 5.74) is 5.38. The minimum Gasteiger partial charge on any atom is -0.0766 e. The lowest BCUT2D eigenvalue weighted by Crippen LogP contribution is -1.91. The molecule has 0 aromatic heterocycles. The van der Waals surface area contributed by atoms with E-state index in [2.05, 4.69) is 77.5 Å². The molecule has 2 aromatic rings. The van der Waals surface area contributed by atoms with Crippen LogP contribution in [0.4, 0.5) is 0 Å². The molecule has 0 aliphatic heterocycles. The molecule has 0 saturated carbocycles. The standard InChI is InChI=1S/C16H13Br/c1-11-7-8-14-15(11)9-13(17)10-16(14)12-5-3-2-4-6-12/h2-11H,1H3. The molecule has 1 unspecified atom stereocenters. The Labute approximate surface area is 110 Å². The highest BCUT2D eigenvalue weighted by Gasteiger charge is 2.17. The van der Waals surface area contributed by atoms with Crippen LogP contribution < -0.4 is 0 Å². The van der Waals surface area contributed by atoms with Crippen LogP contribution in [0.2, 0.25) is 0 Å². The first kappa shape index (κ1) is 10.8. The molecule has 2 aromatic carbocycles. The van der Waals surface area contributed by atoms with Crippen molar-refractivity contribution in [3.05, 3.63) is 64.1 Å². The summed E-state index contributed by atoms with van der Waals surface area (Å²) in [5.74, 6) is 0.518. The first-order valence-corrected chi connectivity index (χ1v) is 6.62. The van der Waals surface area contributed by atoms with Crippen LogP contribution in [0.15, 0.2) is 53.0 Å². The van der Waals surface area contributed by atoms with Crippen LogP contribution in [0.1, 0.15) is 24.0 Å². The molecule has 3 rings (SSSR count). The molecule has 0 N–H and O–H groups in total.